The van der Waals surface area contributed by atoms with Crippen molar-refractivity contribution in [3.05, 3.63) is 47.5 Å². The minimum Gasteiger partial charge on any atom is -0.478 e. The van der Waals surface area contributed by atoms with Crippen molar-refractivity contribution in [3.8, 4) is 0 Å². The van der Waals surface area contributed by atoms with Crippen molar-refractivity contribution in [2.75, 3.05) is 13.6 Å². The first-order chi connectivity index (χ1) is 8.24. The number of hydrogen-bond donors (Lipinski definition) is 2. The zero-order chi connectivity index (χ0) is 12.5. The van der Waals surface area contributed by atoms with Gasteiger partial charge in [-0.25, -0.2) is 4.79 Å². The van der Waals surface area contributed by atoms with Crippen molar-refractivity contribution in [2.45, 2.75) is 6.42 Å². The van der Waals surface area contributed by atoms with Crippen LogP contribution in [0.4, 0.5) is 0 Å². The van der Waals surface area contributed by atoms with Crippen LogP contribution in [0.2, 0.25) is 0 Å². The van der Waals surface area contributed by atoms with Crippen LogP contribution in [0.25, 0.3) is 12.2 Å². The summed E-state index contributed by atoms with van der Waals surface area (Å²) in [4.78, 5) is 10.5. The number of hydrogen-bond acceptors (Lipinski definition) is 2. The summed E-state index contributed by atoms with van der Waals surface area (Å²) in [7, 11) is 1.91. The van der Waals surface area contributed by atoms with E-state index in [4.69, 9.17) is 5.11 Å². The molecule has 1 rings (SSSR count). The Hall–Kier alpha value is -1.87. The number of benzene rings is 1. The molecule has 0 aliphatic carbocycles. The fourth-order valence-electron chi connectivity index (χ4n) is 1.41. The summed E-state index contributed by atoms with van der Waals surface area (Å²) >= 11 is 0. The number of nitrogens with one attached hydrogen (secondary N) is 1. The summed E-state index contributed by atoms with van der Waals surface area (Å²) in [5.41, 5.74) is 1.94. The molecule has 0 atom stereocenters. The van der Waals surface area contributed by atoms with Crippen molar-refractivity contribution < 1.29 is 9.90 Å². The molecule has 0 saturated heterocycles. The van der Waals surface area contributed by atoms with Crippen LogP contribution in [0.3, 0.4) is 0 Å². The van der Waals surface area contributed by atoms with E-state index in [1.165, 1.54) is 0 Å². The summed E-state index contributed by atoms with van der Waals surface area (Å²) in [5.74, 6) is -0.932. The Labute approximate surface area is 101 Å². The molecule has 0 radical (unpaired) electrons. The molecule has 0 aromatic heterocycles. The second-order valence-corrected chi connectivity index (χ2v) is 3.60. The topological polar surface area (TPSA) is 49.3 Å². The number of aliphatic carboxylic acids is 1. The molecule has 0 heterocycles. The van der Waals surface area contributed by atoms with E-state index in [1.807, 2.05) is 37.4 Å². The van der Waals surface area contributed by atoms with Crippen molar-refractivity contribution in [1.29, 1.82) is 0 Å². The molecule has 0 aliphatic heterocycles. The maximum Gasteiger partial charge on any atom is 0.328 e. The monoisotopic (exact) mass is 231 g/mol. The third kappa shape index (κ3) is 5.13. The van der Waals surface area contributed by atoms with E-state index in [-0.39, 0.29) is 0 Å². The third-order valence-electron chi connectivity index (χ3n) is 2.26. The molecule has 0 amide bonds. The Bertz CT molecular complexity index is 422. The predicted octanol–water partition coefficient (Wildman–Crippen LogP) is 2.41. The summed E-state index contributed by atoms with van der Waals surface area (Å²) in [6.45, 7) is 0.934. The zero-order valence-electron chi connectivity index (χ0n) is 9.89. The second-order valence-electron chi connectivity index (χ2n) is 3.60. The highest BCUT2D eigenvalue weighted by Crippen LogP contribution is 2.12. The van der Waals surface area contributed by atoms with E-state index in [2.05, 4.69) is 11.4 Å². The van der Waals surface area contributed by atoms with Gasteiger partial charge in [-0.3, -0.25) is 0 Å². The smallest absolute Gasteiger partial charge is 0.328 e. The van der Waals surface area contributed by atoms with Gasteiger partial charge in [0.15, 0.2) is 0 Å². The molecule has 3 nitrogen and oxygen atoms in total. The van der Waals surface area contributed by atoms with Gasteiger partial charge in [0.2, 0.25) is 0 Å². The van der Waals surface area contributed by atoms with E-state index >= 15 is 0 Å². The Kier molecular flexibility index (Phi) is 5.75. The van der Waals surface area contributed by atoms with Crippen LogP contribution < -0.4 is 5.32 Å². The zero-order valence-corrected chi connectivity index (χ0v) is 9.89. The molecule has 3 heteroatoms. The van der Waals surface area contributed by atoms with Gasteiger partial charge in [0.25, 0.3) is 0 Å². The first-order valence-electron chi connectivity index (χ1n) is 5.55. The van der Waals surface area contributed by atoms with E-state index in [0.29, 0.717) is 0 Å². The average Bonchev–Trinajstić information content (AvgIpc) is 2.33. The molecule has 0 saturated carbocycles. The minimum absolute atomic E-state index is 0.913. The maximum atomic E-state index is 10.5. The van der Waals surface area contributed by atoms with E-state index < -0.39 is 5.97 Å². The maximum absolute atomic E-state index is 10.5. The largest absolute Gasteiger partial charge is 0.478 e. The molecule has 90 valence electrons. The molecule has 0 bridgehead atoms. The Morgan fingerprint density at radius 1 is 1.29 bits per heavy atom. The fraction of sp³-hybridized carbons (Fsp3) is 0.214. The normalized spacial score (nSPS) is 11.4. The van der Waals surface area contributed by atoms with Crippen LogP contribution in [-0.4, -0.2) is 24.7 Å². The number of carboxylic acids is 1. The first kappa shape index (κ1) is 13.2. The quantitative estimate of drug-likeness (QED) is 0.584. The first-order valence-corrected chi connectivity index (χ1v) is 5.55. The third-order valence-corrected chi connectivity index (χ3v) is 2.26. The van der Waals surface area contributed by atoms with Gasteiger partial charge in [0, 0.05) is 6.08 Å². The van der Waals surface area contributed by atoms with Crippen LogP contribution in [0, 0.1) is 0 Å². The van der Waals surface area contributed by atoms with Crippen LogP contribution in [0.1, 0.15) is 17.5 Å². The second kappa shape index (κ2) is 7.41. The Morgan fingerprint density at radius 3 is 2.53 bits per heavy atom. The lowest BCUT2D eigenvalue weighted by molar-refractivity contribution is -0.131. The van der Waals surface area contributed by atoms with Gasteiger partial charge >= 0.3 is 5.97 Å². The van der Waals surface area contributed by atoms with E-state index in [0.717, 1.165) is 30.2 Å². The van der Waals surface area contributed by atoms with Crippen molar-refractivity contribution in [2.24, 2.45) is 0 Å². The molecule has 0 aliphatic rings. The van der Waals surface area contributed by atoms with Crippen LogP contribution in [0.5, 0.6) is 0 Å². The van der Waals surface area contributed by atoms with E-state index in [9.17, 15) is 4.79 Å². The van der Waals surface area contributed by atoms with Crippen LogP contribution in [0.15, 0.2) is 36.4 Å². The van der Waals surface area contributed by atoms with E-state index in [1.54, 1.807) is 6.08 Å². The van der Waals surface area contributed by atoms with Crippen molar-refractivity contribution in [1.82, 2.24) is 5.32 Å². The fourth-order valence-corrected chi connectivity index (χ4v) is 1.41. The lowest BCUT2D eigenvalue weighted by atomic mass is 10.1. The molecule has 0 fully saturated rings. The molecular weight excluding hydrogens is 214 g/mol. The van der Waals surface area contributed by atoms with Gasteiger partial charge in [-0.05, 0) is 37.2 Å². The predicted molar refractivity (Wildman–Crippen MR) is 70.7 cm³/mol. The minimum atomic E-state index is -0.932. The Balaban J connectivity index is 2.77. The lowest BCUT2D eigenvalue weighted by Gasteiger charge is -2.00. The number of carboxylic acid groups (broad SMARTS) is 1. The molecule has 0 spiro atoms. The van der Waals surface area contributed by atoms with Crippen molar-refractivity contribution >= 4 is 18.1 Å². The Morgan fingerprint density at radius 2 is 1.94 bits per heavy atom. The molecule has 1 aromatic rings. The van der Waals surface area contributed by atoms with Gasteiger partial charge in [-0.1, -0.05) is 36.4 Å². The summed E-state index contributed by atoms with van der Waals surface area (Å²) in [6, 6.07) is 7.71. The van der Waals surface area contributed by atoms with Gasteiger partial charge in [0.05, 0.1) is 0 Å². The highest BCUT2D eigenvalue weighted by molar-refractivity contribution is 5.86. The molecule has 2 N–H and O–H groups in total. The molecule has 17 heavy (non-hydrogen) atoms. The van der Waals surface area contributed by atoms with Crippen LogP contribution in [-0.2, 0) is 4.79 Å². The summed E-state index contributed by atoms with van der Waals surface area (Å²) in [6.07, 6.45) is 7.80. The SMILES string of the molecule is CNCCC=Cc1ccccc1/C=C/C(=O)O. The average molecular weight is 231 g/mol. The van der Waals surface area contributed by atoms with Crippen LogP contribution >= 0.6 is 0 Å². The van der Waals surface area contributed by atoms with Gasteiger partial charge in [-0.2, -0.15) is 0 Å². The summed E-state index contributed by atoms with van der Waals surface area (Å²) < 4.78 is 0. The van der Waals surface area contributed by atoms with Gasteiger partial charge < -0.3 is 10.4 Å². The molecule has 0 unspecified atom stereocenters. The molecule has 1 aromatic carbocycles. The highest BCUT2D eigenvalue weighted by Gasteiger charge is 1.95. The number of rotatable bonds is 6. The van der Waals surface area contributed by atoms with Gasteiger partial charge in [0.1, 0.15) is 0 Å². The summed E-state index contributed by atoms with van der Waals surface area (Å²) in [5, 5.41) is 11.7. The highest BCUT2D eigenvalue weighted by atomic mass is 16.4. The number of carbonyl (C=O) groups is 1. The standard InChI is InChI=1S/C14H17NO2/c1-15-11-5-4-8-12-6-2-3-7-13(12)9-10-14(16)17/h2-4,6-10,15H,5,11H2,1H3,(H,16,17)/b8-4?,10-9+. The van der Waals surface area contributed by atoms with Crippen molar-refractivity contribution in [3.63, 3.8) is 0 Å². The molecular formula is C14H17NO2. The van der Waals surface area contributed by atoms with Gasteiger partial charge in [-0.15, -0.1) is 0 Å². The lowest BCUT2D eigenvalue weighted by Crippen LogP contribution is -2.05.